The number of carbonyl (C=O) groups is 2. The van der Waals surface area contributed by atoms with Crippen molar-refractivity contribution in [3.8, 4) is 5.75 Å². The Balaban J connectivity index is 1.49. The lowest BCUT2D eigenvalue weighted by atomic mass is 10.1. The minimum absolute atomic E-state index is 0.00674. The molecule has 1 aromatic rings. The number of anilines is 1. The number of allylic oxidation sites excluding steroid dienone is 1. The van der Waals surface area contributed by atoms with Gasteiger partial charge in [-0.05, 0) is 18.6 Å². The summed E-state index contributed by atoms with van der Waals surface area (Å²) in [4.78, 5) is 33.1. The summed E-state index contributed by atoms with van der Waals surface area (Å²) in [5, 5.41) is 0. The molecule has 9 heteroatoms. The van der Waals surface area contributed by atoms with Gasteiger partial charge in [-0.15, -0.1) is 0 Å². The first-order chi connectivity index (χ1) is 14.0. The average molecular weight is 405 g/mol. The van der Waals surface area contributed by atoms with E-state index < -0.39 is 6.61 Å². The molecule has 0 unspecified atom stereocenters. The number of morpholine rings is 1. The first-order valence-electron chi connectivity index (χ1n) is 9.52. The molecular weight excluding hydrogens is 384 g/mol. The van der Waals surface area contributed by atoms with E-state index in [4.69, 9.17) is 4.74 Å². The molecule has 0 radical (unpaired) electrons. The fourth-order valence-electron chi connectivity index (χ4n) is 3.82. The van der Waals surface area contributed by atoms with E-state index in [0.717, 1.165) is 0 Å². The topological polar surface area (TPSA) is 71.4 Å². The van der Waals surface area contributed by atoms with Crippen molar-refractivity contribution < 1.29 is 27.8 Å². The average Bonchev–Trinajstić information content (AvgIpc) is 3.13. The molecular formula is C20H21F2N3O4. The van der Waals surface area contributed by atoms with Gasteiger partial charge >= 0.3 is 6.61 Å². The molecule has 0 bridgehead atoms. The van der Waals surface area contributed by atoms with Crippen molar-refractivity contribution in [2.45, 2.75) is 25.9 Å². The fraction of sp³-hybridized carbons (Fsp3) is 0.450. The lowest BCUT2D eigenvalue weighted by Crippen LogP contribution is -2.37. The maximum Gasteiger partial charge on any atom is 0.387 e. The van der Waals surface area contributed by atoms with Crippen LogP contribution in [0.4, 0.5) is 14.5 Å². The first-order valence-corrected chi connectivity index (χ1v) is 9.52. The molecule has 0 aliphatic carbocycles. The quantitative estimate of drug-likeness (QED) is 0.751. The van der Waals surface area contributed by atoms with E-state index in [-0.39, 0.29) is 30.3 Å². The van der Waals surface area contributed by atoms with Crippen LogP contribution >= 0.6 is 0 Å². The molecule has 7 nitrogen and oxygen atoms in total. The molecule has 29 heavy (non-hydrogen) atoms. The van der Waals surface area contributed by atoms with Gasteiger partial charge < -0.3 is 19.3 Å². The molecule has 154 valence electrons. The Labute approximate surface area is 166 Å². The Morgan fingerprint density at radius 3 is 2.79 bits per heavy atom. The summed E-state index contributed by atoms with van der Waals surface area (Å²) in [5.74, 6) is 0.365. The molecule has 0 aromatic heterocycles. The van der Waals surface area contributed by atoms with E-state index in [0.29, 0.717) is 62.1 Å². The second-order valence-electron chi connectivity index (χ2n) is 7.03. The first kappa shape index (κ1) is 19.5. The normalized spacial score (nSPS) is 19.2. The Hall–Kier alpha value is -2.81. The van der Waals surface area contributed by atoms with Gasteiger partial charge in [0.2, 0.25) is 5.91 Å². The Morgan fingerprint density at radius 1 is 1.24 bits per heavy atom. The summed E-state index contributed by atoms with van der Waals surface area (Å²) < 4.78 is 35.1. The fourth-order valence-corrected chi connectivity index (χ4v) is 3.82. The Kier molecular flexibility index (Phi) is 5.57. The van der Waals surface area contributed by atoms with Crippen molar-refractivity contribution in [3.63, 3.8) is 0 Å². The minimum Gasteiger partial charge on any atom is -0.434 e. The highest BCUT2D eigenvalue weighted by molar-refractivity contribution is 6.16. The molecule has 3 aliphatic heterocycles. The van der Waals surface area contributed by atoms with Crippen LogP contribution in [0.1, 0.15) is 18.4 Å². The van der Waals surface area contributed by atoms with Crippen molar-refractivity contribution in [1.82, 2.24) is 4.90 Å². The highest BCUT2D eigenvalue weighted by Crippen LogP contribution is 2.36. The van der Waals surface area contributed by atoms with Gasteiger partial charge in [-0.1, -0.05) is 6.07 Å². The van der Waals surface area contributed by atoms with E-state index in [1.807, 2.05) is 4.90 Å². The monoisotopic (exact) mass is 405 g/mol. The summed E-state index contributed by atoms with van der Waals surface area (Å²) in [6.07, 6.45) is 2.06. The summed E-state index contributed by atoms with van der Waals surface area (Å²) in [7, 11) is 0. The molecule has 1 amide bonds. The van der Waals surface area contributed by atoms with Gasteiger partial charge in [-0.2, -0.15) is 8.78 Å². The van der Waals surface area contributed by atoms with Crippen molar-refractivity contribution in [2.75, 3.05) is 37.7 Å². The van der Waals surface area contributed by atoms with Gasteiger partial charge in [0, 0.05) is 43.4 Å². The van der Waals surface area contributed by atoms with Crippen molar-refractivity contribution in [1.29, 1.82) is 0 Å². The van der Waals surface area contributed by atoms with Gasteiger partial charge in [0.15, 0.2) is 5.78 Å². The molecule has 3 heterocycles. The maximum absolute atomic E-state index is 12.9. The maximum atomic E-state index is 12.9. The predicted molar refractivity (Wildman–Crippen MR) is 101 cm³/mol. The number of fused-ring (bicyclic) bond motifs is 1. The summed E-state index contributed by atoms with van der Waals surface area (Å²) >= 11 is 0. The number of carbonyl (C=O) groups excluding carboxylic acids is 2. The van der Waals surface area contributed by atoms with Gasteiger partial charge in [0.1, 0.15) is 11.6 Å². The van der Waals surface area contributed by atoms with Gasteiger partial charge in [0.05, 0.1) is 25.3 Å². The third kappa shape index (κ3) is 4.29. The van der Waals surface area contributed by atoms with Crippen LogP contribution in [-0.2, 0) is 20.7 Å². The minimum atomic E-state index is -2.92. The van der Waals surface area contributed by atoms with E-state index in [9.17, 15) is 18.4 Å². The molecule has 3 aliphatic rings. The lowest BCUT2D eigenvalue weighted by Gasteiger charge is -2.30. The van der Waals surface area contributed by atoms with Crippen LogP contribution in [0.15, 0.2) is 35.1 Å². The van der Waals surface area contributed by atoms with Crippen LogP contribution in [0, 0.1) is 0 Å². The molecule has 4 rings (SSSR count). The summed E-state index contributed by atoms with van der Waals surface area (Å²) in [5.41, 5.74) is 1.67. The Morgan fingerprint density at radius 2 is 2.03 bits per heavy atom. The van der Waals surface area contributed by atoms with Crippen LogP contribution in [0.25, 0.3) is 0 Å². The van der Waals surface area contributed by atoms with Crippen molar-refractivity contribution in [3.05, 3.63) is 35.7 Å². The number of aliphatic imine (C=N–C) groups is 1. The molecule has 1 aromatic carbocycles. The zero-order chi connectivity index (χ0) is 20.4. The standard InChI is InChI=1S/C20H21F2N3O4/c21-20(22)29-17-3-1-2-16-15(17)4-5-25(16)19(27)11-13-10-14(26)12-18(23-13)24-6-8-28-9-7-24/h1-3,12,20H,4-11H2. The molecule has 0 saturated carbocycles. The zero-order valence-electron chi connectivity index (χ0n) is 15.8. The SMILES string of the molecule is O=C1C=C(N2CCOCC2)N=C(CC(=O)N2CCc3c(OC(F)F)cccc32)C1. The summed E-state index contributed by atoms with van der Waals surface area (Å²) in [6.45, 7) is -0.0945. The molecule has 1 saturated heterocycles. The number of ketones is 1. The Bertz CT molecular complexity index is 878. The summed E-state index contributed by atoms with van der Waals surface area (Å²) in [6, 6.07) is 4.77. The zero-order valence-corrected chi connectivity index (χ0v) is 15.8. The number of alkyl halides is 2. The second-order valence-corrected chi connectivity index (χ2v) is 7.03. The number of rotatable bonds is 5. The van der Waals surface area contributed by atoms with Crippen LogP contribution in [0.3, 0.4) is 0 Å². The largest absolute Gasteiger partial charge is 0.434 e. The van der Waals surface area contributed by atoms with Crippen LogP contribution in [-0.4, -0.2) is 61.8 Å². The van der Waals surface area contributed by atoms with Gasteiger partial charge in [0.25, 0.3) is 0 Å². The predicted octanol–water partition coefficient (Wildman–Crippen LogP) is 2.15. The van der Waals surface area contributed by atoms with E-state index in [1.54, 1.807) is 17.0 Å². The molecule has 0 N–H and O–H groups in total. The molecule has 0 atom stereocenters. The number of benzene rings is 1. The van der Waals surface area contributed by atoms with E-state index in [2.05, 4.69) is 9.73 Å². The van der Waals surface area contributed by atoms with Gasteiger partial charge in [-0.3, -0.25) is 9.59 Å². The van der Waals surface area contributed by atoms with Crippen LogP contribution < -0.4 is 9.64 Å². The third-order valence-corrected chi connectivity index (χ3v) is 5.13. The van der Waals surface area contributed by atoms with Crippen molar-refractivity contribution >= 4 is 23.1 Å². The van der Waals surface area contributed by atoms with E-state index in [1.165, 1.54) is 12.1 Å². The van der Waals surface area contributed by atoms with Gasteiger partial charge in [-0.25, -0.2) is 4.99 Å². The third-order valence-electron chi connectivity index (χ3n) is 5.13. The molecule has 1 fully saturated rings. The highest BCUT2D eigenvalue weighted by Gasteiger charge is 2.29. The highest BCUT2D eigenvalue weighted by atomic mass is 19.3. The number of hydrogen-bond donors (Lipinski definition) is 0. The number of nitrogens with zero attached hydrogens (tertiary/aromatic N) is 3. The van der Waals surface area contributed by atoms with E-state index >= 15 is 0 Å². The second kappa shape index (κ2) is 8.28. The number of amides is 1. The number of hydrogen-bond acceptors (Lipinski definition) is 6. The lowest BCUT2D eigenvalue weighted by molar-refractivity contribution is -0.117. The molecule has 0 spiro atoms. The smallest absolute Gasteiger partial charge is 0.387 e. The van der Waals surface area contributed by atoms with Crippen LogP contribution in [0.2, 0.25) is 0 Å². The number of ether oxygens (including phenoxy) is 2. The van der Waals surface area contributed by atoms with Crippen molar-refractivity contribution in [2.24, 2.45) is 4.99 Å². The number of halogens is 2. The van der Waals surface area contributed by atoms with Crippen LogP contribution in [0.5, 0.6) is 5.75 Å².